The van der Waals surface area contributed by atoms with Crippen molar-refractivity contribution in [2.24, 2.45) is 17.8 Å². The molecule has 35 heavy (non-hydrogen) atoms. The van der Waals surface area contributed by atoms with Crippen LogP contribution in [0.5, 0.6) is 0 Å². The largest absolute Gasteiger partial charge is 0.294 e. The SMILES string of the molecule is O=C(c1ccccc1)[C@H]1C(c2ccccc2)=C[C@@H](C(=O)c2ccccc2)[C@@H]1C(=O)c1ccccc1. The van der Waals surface area contributed by atoms with Crippen molar-refractivity contribution in [3.05, 3.63) is 150 Å². The topological polar surface area (TPSA) is 51.2 Å². The third-order valence-corrected chi connectivity index (χ3v) is 6.61. The van der Waals surface area contributed by atoms with E-state index < -0.39 is 17.8 Å². The van der Waals surface area contributed by atoms with E-state index in [1.165, 1.54) is 0 Å². The molecule has 170 valence electrons. The van der Waals surface area contributed by atoms with Gasteiger partial charge in [0.15, 0.2) is 17.3 Å². The summed E-state index contributed by atoms with van der Waals surface area (Å²) >= 11 is 0. The van der Waals surface area contributed by atoms with E-state index in [1.807, 2.05) is 78.9 Å². The van der Waals surface area contributed by atoms with Gasteiger partial charge in [0.25, 0.3) is 0 Å². The van der Waals surface area contributed by atoms with Crippen molar-refractivity contribution in [3.63, 3.8) is 0 Å². The van der Waals surface area contributed by atoms with Crippen molar-refractivity contribution in [2.45, 2.75) is 0 Å². The van der Waals surface area contributed by atoms with Crippen LogP contribution >= 0.6 is 0 Å². The van der Waals surface area contributed by atoms with Crippen LogP contribution in [0.4, 0.5) is 0 Å². The number of carbonyl (C=O) groups excluding carboxylic acids is 3. The van der Waals surface area contributed by atoms with Gasteiger partial charge in [-0.2, -0.15) is 0 Å². The van der Waals surface area contributed by atoms with Crippen molar-refractivity contribution >= 4 is 22.9 Å². The minimum Gasteiger partial charge on any atom is -0.294 e. The second-order valence-electron chi connectivity index (χ2n) is 8.71. The molecule has 1 aliphatic rings. The predicted molar refractivity (Wildman–Crippen MR) is 137 cm³/mol. The Kier molecular flexibility index (Phi) is 6.32. The van der Waals surface area contributed by atoms with Gasteiger partial charge in [-0.15, -0.1) is 0 Å². The summed E-state index contributed by atoms with van der Waals surface area (Å²) < 4.78 is 0. The monoisotopic (exact) mass is 456 g/mol. The lowest BCUT2D eigenvalue weighted by atomic mass is 9.74. The maximum Gasteiger partial charge on any atom is 0.171 e. The lowest BCUT2D eigenvalue weighted by Crippen LogP contribution is -2.35. The van der Waals surface area contributed by atoms with Gasteiger partial charge in [-0.05, 0) is 11.1 Å². The Morgan fingerprint density at radius 2 is 0.857 bits per heavy atom. The molecule has 3 nitrogen and oxygen atoms in total. The molecule has 0 spiro atoms. The Labute approximate surface area is 204 Å². The average Bonchev–Trinajstić information content (AvgIpc) is 3.34. The van der Waals surface area contributed by atoms with E-state index >= 15 is 0 Å². The molecule has 4 aromatic rings. The van der Waals surface area contributed by atoms with Gasteiger partial charge in [-0.3, -0.25) is 14.4 Å². The number of hydrogen-bond donors (Lipinski definition) is 0. The average molecular weight is 457 g/mol. The summed E-state index contributed by atoms with van der Waals surface area (Å²) in [5.74, 6) is -2.87. The number of Topliss-reactive ketones (excluding diaryl/α,β-unsaturated/α-hetero) is 3. The molecule has 0 saturated carbocycles. The van der Waals surface area contributed by atoms with Crippen molar-refractivity contribution < 1.29 is 14.4 Å². The quantitative estimate of drug-likeness (QED) is 0.295. The fourth-order valence-electron chi connectivity index (χ4n) is 4.94. The van der Waals surface area contributed by atoms with Gasteiger partial charge in [0.1, 0.15) is 0 Å². The van der Waals surface area contributed by atoms with Crippen LogP contribution in [-0.2, 0) is 0 Å². The van der Waals surface area contributed by atoms with Crippen LogP contribution in [0.15, 0.2) is 127 Å². The van der Waals surface area contributed by atoms with Gasteiger partial charge in [-0.25, -0.2) is 0 Å². The van der Waals surface area contributed by atoms with Gasteiger partial charge in [0.05, 0.1) is 17.8 Å². The summed E-state index contributed by atoms with van der Waals surface area (Å²) in [6.07, 6.45) is 1.85. The van der Waals surface area contributed by atoms with Crippen LogP contribution in [0.25, 0.3) is 5.57 Å². The molecule has 1 aliphatic carbocycles. The summed E-state index contributed by atoms with van der Waals surface area (Å²) in [6, 6.07) is 36.5. The molecule has 0 fully saturated rings. The second-order valence-corrected chi connectivity index (χ2v) is 8.71. The summed E-state index contributed by atoms with van der Waals surface area (Å²) in [5, 5.41) is 0. The number of hydrogen-bond acceptors (Lipinski definition) is 3. The van der Waals surface area contributed by atoms with Crippen LogP contribution in [0.3, 0.4) is 0 Å². The van der Waals surface area contributed by atoms with E-state index in [0.717, 1.165) is 11.1 Å². The molecule has 0 N–H and O–H groups in total. The Hall–Kier alpha value is -4.37. The molecular weight excluding hydrogens is 432 g/mol. The normalized spacial score (nSPS) is 19.1. The molecule has 0 amide bonds. The van der Waals surface area contributed by atoms with Gasteiger partial charge < -0.3 is 0 Å². The lowest BCUT2D eigenvalue weighted by molar-refractivity contribution is 0.0736. The number of rotatable bonds is 7. The van der Waals surface area contributed by atoms with Crippen LogP contribution in [-0.4, -0.2) is 17.3 Å². The zero-order valence-corrected chi connectivity index (χ0v) is 19.1. The van der Waals surface area contributed by atoms with Crippen molar-refractivity contribution in [1.29, 1.82) is 0 Å². The molecule has 3 heteroatoms. The Balaban J connectivity index is 1.68. The smallest absolute Gasteiger partial charge is 0.171 e. The molecule has 0 unspecified atom stereocenters. The summed E-state index contributed by atoms with van der Waals surface area (Å²) in [7, 11) is 0. The van der Waals surface area contributed by atoms with E-state index in [4.69, 9.17) is 0 Å². The van der Waals surface area contributed by atoms with E-state index in [0.29, 0.717) is 16.7 Å². The first-order chi connectivity index (χ1) is 17.1. The predicted octanol–water partition coefficient (Wildman–Crippen LogP) is 6.58. The first kappa shape index (κ1) is 22.4. The molecule has 0 radical (unpaired) electrons. The highest BCUT2D eigenvalue weighted by molar-refractivity contribution is 6.15. The summed E-state index contributed by atoms with van der Waals surface area (Å²) in [6.45, 7) is 0. The number of carbonyl (C=O) groups is 3. The molecule has 5 rings (SSSR count). The fraction of sp³-hybridized carbons (Fsp3) is 0.0938. The maximum atomic E-state index is 14.0. The van der Waals surface area contributed by atoms with E-state index in [1.54, 1.807) is 48.5 Å². The molecule has 4 aromatic carbocycles. The van der Waals surface area contributed by atoms with Crippen molar-refractivity contribution in [2.75, 3.05) is 0 Å². The minimum absolute atomic E-state index is 0.154. The highest BCUT2D eigenvalue weighted by atomic mass is 16.1. The highest BCUT2D eigenvalue weighted by Crippen LogP contribution is 2.46. The van der Waals surface area contributed by atoms with Gasteiger partial charge in [-0.1, -0.05) is 127 Å². The Morgan fingerprint density at radius 3 is 1.34 bits per heavy atom. The Morgan fingerprint density at radius 1 is 0.457 bits per heavy atom. The number of ketones is 3. The zero-order valence-electron chi connectivity index (χ0n) is 19.1. The third-order valence-electron chi connectivity index (χ3n) is 6.61. The summed E-state index contributed by atoms with van der Waals surface area (Å²) in [5.41, 5.74) is 3.12. The molecule has 0 saturated heterocycles. The molecule has 0 aliphatic heterocycles. The number of allylic oxidation sites excluding steroid dienone is 2. The first-order valence-corrected chi connectivity index (χ1v) is 11.7. The van der Waals surface area contributed by atoms with Crippen LogP contribution < -0.4 is 0 Å². The number of benzene rings is 4. The van der Waals surface area contributed by atoms with Crippen LogP contribution in [0.1, 0.15) is 36.6 Å². The zero-order chi connectivity index (χ0) is 24.2. The van der Waals surface area contributed by atoms with Crippen molar-refractivity contribution in [3.8, 4) is 0 Å². The van der Waals surface area contributed by atoms with Gasteiger partial charge in [0, 0.05) is 16.7 Å². The molecular formula is C32H24O3. The van der Waals surface area contributed by atoms with E-state index in [2.05, 4.69) is 0 Å². The van der Waals surface area contributed by atoms with E-state index in [-0.39, 0.29) is 17.3 Å². The van der Waals surface area contributed by atoms with E-state index in [9.17, 15) is 14.4 Å². The molecule has 3 atom stereocenters. The lowest BCUT2D eigenvalue weighted by Gasteiger charge is -2.25. The fourth-order valence-corrected chi connectivity index (χ4v) is 4.94. The summed E-state index contributed by atoms with van der Waals surface area (Å²) in [4.78, 5) is 41.7. The Bertz CT molecular complexity index is 1370. The van der Waals surface area contributed by atoms with Gasteiger partial charge in [0.2, 0.25) is 0 Å². The second kappa shape index (κ2) is 9.86. The van der Waals surface area contributed by atoms with Crippen molar-refractivity contribution in [1.82, 2.24) is 0 Å². The van der Waals surface area contributed by atoms with Crippen LogP contribution in [0, 0.1) is 17.8 Å². The standard InChI is InChI=1S/C32H24O3/c33-30(23-15-7-2-8-16-23)27-21-26(22-13-5-1-6-14-22)28(31(34)24-17-9-3-10-18-24)29(27)32(35)25-19-11-4-12-20-25/h1-21,27-29H/t27-,28+,29+/m1/s1. The van der Waals surface area contributed by atoms with Crippen LogP contribution in [0.2, 0.25) is 0 Å². The molecule has 0 aromatic heterocycles. The highest BCUT2D eigenvalue weighted by Gasteiger charge is 2.48. The maximum absolute atomic E-state index is 14.0. The first-order valence-electron chi connectivity index (χ1n) is 11.7. The van der Waals surface area contributed by atoms with Gasteiger partial charge >= 0.3 is 0 Å². The minimum atomic E-state index is -0.840. The molecule has 0 bridgehead atoms. The third kappa shape index (κ3) is 4.41. The molecule has 0 heterocycles.